The van der Waals surface area contributed by atoms with Crippen molar-refractivity contribution in [3.8, 4) is 0 Å². The number of aliphatic hydroxyl groups excluding tert-OH is 1. The van der Waals surface area contributed by atoms with Crippen molar-refractivity contribution in [2.75, 3.05) is 32.9 Å². The maximum atomic E-state index is 8.44. The predicted octanol–water partition coefficient (Wildman–Crippen LogP) is 0.284. The number of rotatable bonds is 8. The number of aromatic nitrogens is 1. The molecule has 1 rings (SSSR count). The number of ether oxygens (including phenoxy) is 1. The lowest BCUT2D eigenvalue weighted by atomic mass is 10.4. The van der Waals surface area contributed by atoms with E-state index in [4.69, 9.17) is 9.84 Å². The lowest BCUT2D eigenvalue weighted by molar-refractivity contribution is 0.0940. The summed E-state index contributed by atoms with van der Waals surface area (Å²) in [6.07, 6.45) is 2.79. The molecular formula is C9H16N2O2S. The molecule has 0 saturated carbocycles. The topological polar surface area (TPSA) is 54.4 Å². The SMILES string of the molecule is OCCOCCNCCc1nccs1. The summed E-state index contributed by atoms with van der Waals surface area (Å²) in [6.45, 7) is 2.92. The molecule has 2 N–H and O–H groups in total. The van der Waals surface area contributed by atoms with Gasteiger partial charge in [0.1, 0.15) is 0 Å². The molecule has 0 aromatic carbocycles. The average molecular weight is 216 g/mol. The van der Waals surface area contributed by atoms with E-state index in [9.17, 15) is 0 Å². The van der Waals surface area contributed by atoms with Crippen LogP contribution in [0.1, 0.15) is 5.01 Å². The Morgan fingerprint density at radius 1 is 1.43 bits per heavy atom. The number of hydrogen-bond donors (Lipinski definition) is 2. The molecule has 0 saturated heterocycles. The standard InChI is InChI=1S/C9H16N2O2S/c12-5-7-13-6-3-10-2-1-9-11-4-8-14-9/h4,8,10,12H,1-3,5-7H2. The first kappa shape index (κ1) is 11.6. The maximum Gasteiger partial charge on any atom is 0.0937 e. The van der Waals surface area contributed by atoms with E-state index in [1.807, 2.05) is 11.6 Å². The summed E-state index contributed by atoms with van der Waals surface area (Å²) in [5.41, 5.74) is 0. The molecule has 0 fully saturated rings. The highest BCUT2D eigenvalue weighted by Gasteiger charge is 1.94. The fourth-order valence-corrected chi connectivity index (χ4v) is 1.63. The Labute approximate surface area is 87.9 Å². The van der Waals surface area contributed by atoms with E-state index in [1.54, 1.807) is 11.3 Å². The Morgan fingerprint density at radius 2 is 2.36 bits per heavy atom. The first-order chi connectivity index (χ1) is 6.93. The van der Waals surface area contributed by atoms with E-state index < -0.39 is 0 Å². The van der Waals surface area contributed by atoms with Crippen LogP contribution in [-0.4, -0.2) is 43.0 Å². The van der Waals surface area contributed by atoms with Crippen molar-refractivity contribution in [2.24, 2.45) is 0 Å². The van der Waals surface area contributed by atoms with Crippen LogP contribution in [0, 0.1) is 0 Å². The number of thiazole rings is 1. The Balaban J connectivity index is 1.85. The highest BCUT2D eigenvalue weighted by Crippen LogP contribution is 2.03. The fraction of sp³-hybridized carbons (Fsp3) is 0.667. The molecule has 14 heavy (non-hydrogen) atoms. The second-order valence-corrected chi connectivity index (χ2v) is 3.74. The van der Waals surface area contributed by atoms with Gasteiger partial charge in [-0.25, -0.2) is 4.98 Å². The van der Waals surface area contributed by atoms with Crippen molar-refractivity contribution in [3.63, 3.8) is 0 Å². The zero-order valence-electron chi connectivity index (χ0n) is 8.11. The molecule has 0 aliphatic heterocycles. The van der Waals surface area contributed by atoms with Gasteiger partial charge in [-0.15, -0.1) is 11.3 Å². The van der Waals surface area contributed by atoms with Crippen LogP contribution in [0.25, 0.3) is 0 Å². The van der Waals surface area contributed by atoms with Crippen molar-refractivity contribution in [1.82, 2.24) is 10.3 Å². The van der Waals surface area contributed by atoms with Crippen LogP contribution < -0.4 is 5.32 Å². The van der Waals surface area contributed by atoms with Gasteiger partial charge >= 0.3 is 0 Å². The Hall–Kier alpha value is -0.490. The van der Waals surface area contributed by atoms with Gasteiger partial charge in [0.05, 0.1) is 24.8 Å². The van der Waals surface area contributed by atoms with Crippen LogP contribution in [0.5, 0.6) is 0 Å². The highest BCUT2D eigenvalue weighted by molar-refractivity contribution is 7.09. The molecular weight excluding hydrogens is 200 g/mol. The molecule has 0 radical (unpaired) electrons. The maximum absolute atomic E-state index is 8.44. The summed E-state index contributed by atoms with van der Waals surface area (Å²) in [5, 5.41) is 14.8. The van der Waals surface area contributed by atoms with Gasteiger partial charge in [-0.3, -0.25) is 0 Å². The van der Waals surface area contributed by atoms with Crippen LogP contribution in [0.15, 0.2) is 11.6 Å². The molecule has 0 amide bonds. The Kier molecular flexibility index (Phi) is 6.51. The molecule has 0 spiro atoms. The third-order valence-electron chi connectivity index (χ3n) is 1.66. The Bertz CT molecular complexity index is 217. The second kappa shape index (κ2) is 7.87. The fourth-order valence-electron chi connectivity index (χ4n) is 1.01. The summed E-state index contributed by atoms with van der Waals surface area (Å²) in [7, 11) is 0. The van der Waals surface area contributed by atoms with E-state index in [1.165, 1.54) is 0 Å². The Morgan fingerprint density at radius 3 is 3.07 bits per heavy atom. The molecule has 0 aliphatic rings. The summed E-state index contributed by atoms with van der Waals surface area (Å²) < 4.78 is 5.09. The monoisotopic (exact) mass is 216 g/mol. The van der Waals surface area contributed by atoms with Gasteiger partial charge in [0, 0.05) is 31.1 Å². The van der Waals surface area contributed by atoms with Gasteiger partial charge in [0.25, 0.3) is 0 Å². The quantitative estimate of drug-likeness (QED) is 0.613. The predicted molar refractivity (Wildman–Crippen MR) is 56.6 cm³/mol. The molecule has 1 heterocycles. The van der Waals surface area contributed by atoms with Gasteiger partial charge in [0.15, 0.2) is 0 Å². The number of aliphatic hydroxyl groups is 1. The normalized spacial score (nSPS) is 10.6. The zero-order valence-corrected chi connectivity index (χ0v) is 8.92. The van der Waals surface area contributed by atoms with E-state index in [0.717, 1.165) is 24.5 Å². The van der Waals surface area contributed by atoms with Crippen molar-refractivity contribution in [2.45, 2.75) is 6.42 Å². The molecule has 80 valence electrons. The lowest BCUT2D eigenvalue weighted by Gasteiger charge is -2.03. The van der Waals surface area contributed by atoms with Crippen LogP contribution in [0.4, 0.5) is 0 Å². The molecule has 1 aromatic rings. The molecule has 0 aliphatic carbocycles. The van der Waals surface area contributed by atoms with E-state index >= 15 is 0 Å². The van der Waals surface area contributed by atoms with Crippen LogP contribution >= 0.6 is 11.3 Å². The average Bonchev–Trinajstić information content (AvgIpc) is 2.69. The minimum atomic E-state index is 0.0963. The highest BCUT2D eigenvalue weighted by atomic mass is 32.1. The van der Waals surface area contributed by atoms with Crippen LogP contribution in [0.2, 0.25) is 0 Å². The van der Waals surface area contributed by atoms with Gasteiger partial charge in [-0.1, -0.05) is 0 Å². The summed E-state index contributed by atoms with van der Waals surface area (Å²) >= 11 is 1.68. The number of nitrogens with one attached hydrogen (secondary N) is 1. The smallest absolute Gasteiger partial charge is 0.0937 e. The first-order valence-electron chi connectivity index (χ1n) is 4.71. The minimum Gasteiger partial charge on any atom is -0.394 e. The van der Waals surface area contributed by atoms with Gasteiger partial charge < -0.3 is 15.2 Å². The third kappa shape index (κ3) is 5.29. The van der Waals surface area contributed by atoms with Crippen molar-refractivity contribution < 1.29 is 9.84 Å². The van der Waals surface area contributed by atoms with Crippen molar-refractivity contribution in [3.05, 3.63) is 16.6 Å². The molecule has 4 nitrogen and oxygen atoms in total. The van der Waals surface area contributed by atoms with E-state index in [0.29, 0.717) is 13.2 Å². The first-order valence-corrected chi connectivity index (χ1v) is 5.59. The molecule has 5 heteroatoms. The molecule has 0 atom stereocenters. The molecule has 1 aromatic heterocycles. The minimum absolute atomic E-state index is 0.0963. The van der Waals surface area contributed by atoms with Crippen LogP contribution in [-0.2, 0) is 11.2 Å². The van der Waals surface area contributed by atoms with Gasteiger partial charge in [0.2, 0.25) is 0 Å². The largest absolute Gasteiger partial charge is 0.394 e. The van der Waals surface area contributed by atoms with Crippen molar-refractivity contribution >= 4 is 11.3 Å². The van der Waals surface area contributed by atoms with Crippen LogP contribution in [0.3, 0.4) is 0 Å². The molecule has 0 bridgehead atoms. The third-order valence-corrected chi connectivity index (χ3v) is 2.50. The summed E-state index contributed by atoms with van der Waals surface area (Å²) in [5.74, 6) is 0. The van der Waals surface area contributed by atoms with E-state index in [2.05, 4.69) is 10.3 Å². The summed E-state index contributed by atoms with van der Waals surface area (Å²) in [6, 6.07) is 0. The van der Waals surface area contributed by atoms with Gasteiger partial charge in [-0.05, 0) is 0 Å². The zero-order chi connectivity index (χ0) is 10.1. The number of nitrogens with zero attached hydrogens (tertiary/aromatic N) is 1. The summed E-state index contributed by atoms with van der Waals surface area (Å²) in [4.78, 5) is 4.18. The lowest BCUT2D eigenvalue weighted by Crippen LogP contribution is -2.22. The van der Waals surface area contributed by atoms with E-state index in [-0.39, 0.29) is 6.61 Å². The second-order valence-electron chi connectivity index (χ2n) is 2.76. The van der Waals surface area contributed by atoms with Crippen molar-refractivity contribution in [1.29, 1.82) is 0 Å². The molecule has 0 unspecified atom stereocenters. The number of hydrogen-bond acceptors (Lipinski definition) is 5. The van der Waals surface area contributed by atoms with Gasteiger partial charge in [-0.2, -0.15) is 0 Å².